The molecule has 132 valence electrons. The molecular formula is C18H16N4O2S2. The van der Waals surface area contributed by atoms with Crippen LogP contribution in [0.15, 0.2) is 47.4 Å². The molecule has 0 saturated heterocycles. The number of rotatable bonds is 6. The fourth-order valence-corrected chi connectivity index (χ4v) is 4.05. The molecule has 3 aromatic heterocycles. The first-order valence-corrected chi connectivity index (χ1v) is 9.87. The molecule has 8 heteroatoms. The van der Waals surface area contributed by atoms with Crippen LogP contribution in [-0.2, 0) is 11.2 Å². The number of para-hydroxylation sites is 1. The minimum absolute atomic E-state index is 0.130. The summed E-state index contributed by atoms with van der Waals surface area (Å²) in [6.45, 7) is 2.54. The summed E-state index contributed by atoms with van der Waals surface area (Å²) in [6.07, 6.45) is 4.02. The summed E-state index contributed by atoms with van der Waals surface area (Å²) in [5, 5.41) is 7.30. The van der Waals surface area contributed by atoms with E-state index in [2.05, 4.69) is 15.3 Å². The van der Waals surface area contributed by atoms with Gasteiger partial charge in [0.15, 0.2) is 10.1 Å². The zero-order valence-electron chi connectivity index (χ0n) is 14.0. The Hall–Kier alpha value is -2.71. The zero-order valence-corrected chi connectivity index (χ0v) is 15.6. The van der Waals surface area contributed by atoms with Crippen molar-refractivity contribution in [3.63, 3.8) is 0 Å². The van der Waals surface area contributed by atoms with Crippen molar-refractivity contribution in [3.05, 3.63) is 53.1 Å². The predicted molar refractivity (Wildman–Crippen MR) is 104 cm³/mol. The van der Waals surface area contributed by atoms with Gasteiger partial charge >= 0.3 is 0 Å². The van der Waals surface area contributed by atoms with Gasteiger partial charge in [-0.3, -0.25) is 9.20 Å². The third kappa shape index (κ3) is 3.47. The number of anilines is 1. The molecule has 0 aliphatic rings. The maximum Gasteiger partial charge on any atom is 0.232 e. The summed E-state index contributed by atoms with van der Waals surface area (Å²) in [6, 6.07) is 7.75. The van der Waals surface area contributed by atoms with Gasteiger partial charge in [0.1, 0.15) is 5.75 Å². The van der Waals surface area contributed by atoms with E-state index in [-0.39, 0.29) is 12.3 Å². The van der Waals surface area contributed by atoms with Crippen LogP contribution in [0.3, 0.4) is 0 Å². The number of ether oxygens (including phenoxy) is 1. The average Bonchev–Trinajstić information content (AvgIpc) is 3.32. The van der Waals surface area contributed by atoms with Crippen LogP contribution in [-0.4, -0.2) is 26.9 Å². The highest BCUT2D eigenvalue weighted by molar-refractivity contribution is 7.15. The Kier molecular flexibility index (Phi) is 4.68. The summed E-state index contributed by atoms with van der Waals surface area (Å²) >= 11 is 2.94. The van der Waals surface area contributed by atoms with E-state index in [1.807, 2.05) is 58.7 Å². The van der Waals surface area contributed by atoms with Crippen molar-refractivity contribution in [1.29, 1.82) is 0 Å². The second kappa shape index (κ2) is 7.27. The number of benzene rings is 1. The molecule has 0 radical (unpaired) electrons. The molecular weight excluding hydrogens is 368 g/mol. The number of nitrogens with one attached hydrogen (secondary N) is 1. The van der Waals surface area contributed by atoms with E-state index in [4.69, 9.17) is 4.74 Å². The van der Waals surface area contributed by atoms with E-state index in [9.17, 15) is 4.79 Å². The molecule has 0 aliphatic heterocycles. The van der Waals surface area contributed by atoms with Crippen molar-refractivity contribution in [2.24, 2.45) is 0 Å². The van der Waals surface area contributed by atoms with Gasteiger partial charge in [-0.2, -0.15) is 0 Å². The smallest absolute Gasteiger partial charge is 0.232 e. The minimum Gasteiger partial charge on any atom is -0.493 e. The van der Waals surface area contributed by atoms with Crippen LogP contribution in [0.1, 0.15) is 12.6 Å². The molecule has 1 aromatic carbocycles. The maximum atomic E-state index is 12.3. The molecule has 0 fully saturated rings. The number of aromatic nitrogens is 3. The Morgan fingerprint density at radius 3 is 3.00 bits per heavy atom. The van der Waals surface area contributed by atoms with Gasteiger partial charge in [-0.25, -0.2) is 9.97 Å². The molecule has 1 amide bonds. The summed E-state index contributed by atoms with van der Waals surface area (Å²) in [5.74, 6) is 0.658. The topological polar surface area (TPSA) is 68.5 Å². The largest absolute Gasteiger partial charge is 0.493 e. The molecule has 0 bridgehead atoms. The molecule has 3 heterocycles. The van der Waals surface area contributed by atoms with Gasteiger partial charge in [0.2, 0.25) is 5.91 Å². The van der Waals surface area contributed by atoms with Crippen LogP contribution < -0.4 is 10.1 Å². The van der Waals surface area contributed by atoms with Crippen molar-refractivity contribution >= 4 is 38.7 Å². The van der Waals surface area contributed by atoms with Crippen LogP contribution in [0.2, 0.25) is 0 Å². The normalized spacial score (nSPS) is 11.0. The molecule has 4 aromatic rings. The highest BCUT2D eigenvalue weighted by Gasteiger charge is 2.13. The van der Waals surface area contributed by atoms with E-state index >= 15 is 0 Å². The Balaban J connectivity index is 1.46. The summed E-state index contributed by atoms with van der Waals surface area (Å²) in [5.41, 5.74) is 2.45. The molecule has 0 aliphatic carbocycles. The van der Waals surface area contributed by atoms with Crippen LogP contribution in [0.4, 0.5) is 5.13 Å². The van der Waals surface area contributed by atoms with E-state index in [0.29, 0.717) is 11.7 Å². The molecule has 1 N–H and O–H groups in total. The zero-order chi connectivity index (χ0) is 17.9. The first kappa shape index (κ1) is 16.7. The van der Waals surface area contributed by atoms with Gasteiger partial charge in [-0.1, -0.05) is 12.1 Å². The second-order valence-corrected chi connectivity index (χ2v) is 7.25. The maximum absolute atomic E-state index is 12.3. The quantitative estimate of drug-likeness (QED) is 0.543. The Morgan fingerprint density at radius 1 is 1.27 bits per heavy atom. The molecule has 0 spiro atoms. The number of carbonyl (C=O) groups excluding carboxylic acids is 1. The van der Waals surface area contributed by atoms with E-state index < -0.39 is 0 Å². The third-order valence-electron chi connectivity index (χ3n) is 3.70. The second-order valence-electron chi connectivity index (χ2n) is 5.52. The molecule has 0 saturated carbocycles. The average molecular weight is 384 g/mol. The van der Waals surface area contributed by atoms with Crippen molar-refractivity contribution in [1.82, 2.24) is 14.4 Å². The number of imidazole rings is 1. The number of thiazole rings is 2. The van der Waals surface area contributed by atoms with Gasteiger partial charge in [0.05, 0.1) is 24.4 Å². The van der Waals surface area contributed by atoms with Crippen LogP contribution >= 0.6 is 22.7 Å². The van der Waals surface area contributed by atoms with Gasteiger partial charge < -0.3 is 10.1 Å². The van der Waals surface area contributed by atoms with Gasteiger partial charge in [0, 0.05) is 28.7 Å². The number of hydrogen-bond donors (Lipinski definition) is 1. The Labute approximate surface area is 158 Å². The fraction of sp³-hybridized carbons (Fsp3) is 0.167. The van der Waals surface area contributed by atoms with Crippen molar-refractivity contribution in [3.8, 4) is 17.0 Å². The first-order chi connectivity index (χ1) is 12.7. The lowest BCUT2D eigenvalue weighted by Gasteiger charge is -2.07. The summed E-state index contributed by atoms with van der Waals surface area (Å²) in [7, 11) is 0. The monoisotopic (exact) mass is 384 g/mol. The number of nitrogens with zero attached hydrogens (tertiary/aromatic N) is 3. The van der Waals surface area contributed by atoms with E-state index in [0.717, 1.165) is 27.7 Å². The SMILES string of the molecule is CCOc1ccccc1-c1csc(NC(=O)Cc2cn3ccsc3n2)n1. The van der Waals surface area contributed by atoms with Gasteiger partial charge in [-0.15, -0.1) is 22.7 Å². The standard InChI is InChI=1S/C18H16N4O2S2/c1-2-24-15-6-4-3-5-13(15)14-11-26-17(20-14)21-16(23)9-12-10-22-7-8-25-18(22)19-12/h3-8,10-11H,2,9H2,1H3,(H,20,21,23). The first-order valence-electron chi connectivity index (χ1n) is 8.11. The van der Waals surface area contributed by atoms with Gasteiger partial charge in [-0.05, 0) is 19.1 Å². The molecule has 0 unspecified atom stereocenters. The van der Waals surface area contributed by atoms with E-state index in [1.54, 1.807) is 11.3 Å². The van der Waals surface area contributed by atoms with Crippen molar-refractivity contribution in [2.75, 3.05) is 11.9 Å². The van der Waals surface area contributed by atoms with Crippen molar-refractivity contribution < 1.29 is 9.53 Å². The highest BCUT2D eigenvalue weighted by Crippen LogP contribution is 2.32. The van der Waals surface area contributed by atoms with Crippen LogP contribution in [0, 0.1) is 0 Å². The van der Waals surface area contributed by atoms with Gasteiger partial charge in [0.25, 0.3) is 0 Å². The molecule has 6 nitrogen and oxygen atoms in total. The lowest BCUT2D eigenvalue weighted by molar-refractivity contribution is -0.115. The lowest BCUT2D eigenvalue weighted by Crippen LogP contribution is -2.14. The number of hydrogen-bond acceptors (Lipinski definition) is 6. The van der Waals surface area contributed by atoms with Crippen LogP contribution in [0.5, 0.6) is 5.75 Å². The Morgan fingerprint density at radius 2 is 2.15 bits per heavy atom. The number of carbonyl (C=O) groups is 1. The molecule has 4 rings (SSSR count). The summed E-state index contributed by atoms with van der Waals surface area (Å²) < 4.78 is 7.57. The minimum atomic E-state index is -0.130. The Bertz CT molecular complexity index is 1020. The summed E-state index contributed by atoms with van der Waals surface area (Å²) in [4.78, 5) is 22.1. The van der Waals surface area contributed by atoms with Crippen molar-refractivity contribution in [2.45, 2.75) is 13.3 Å². The number of fused-ring (bicyclic) bond motifs is 1. The fourth-order valence-electron chi connectivity index (χ4n) is 2.60. The highest BCUT2D eigenvalue weighted by atomic mass is 32.1. The van der Waals surface area contributed by atoms with Crippen LogP contribution in [0.25, 0.3) is 16.2 Å². The lowest BCUT2D eigenvalue weighted by atomic mass is 10.1. The van der Waals surface area contributed by atoms with E-state index in [1.165, 1.54) is 11.3 Å². The predicted octanol–water partition coefficient (Wildman–Crippen LogP) is 4.10. The molecule has 26 heavy (non-hydrogen) atoms. The molecule has 0 atom stereocenters. The number of amides is 1. The third-order valence-corrected chi connectivity index (χ3v) is 5.23.